The lowest BCUT2D eigenvalue weighted by Gasteiger charge is -2.23. The van der Waals surface area contributed by atoms with Crippen molar-refractivity contribution in [3.8, 4) is 34.1 Å². The van der Waals surface area contributed by atoms with Crippen molar-refractivity contribution in [3.63, 3.8) is 0 Å². The molecule has 0 heterocycles. The molecule has 56 heavy (non-hydrogen) atoms. The Morgan fingerprint density at radius 3 is 1.07 bits per heavy atom. The zero-order valence-electron chi connectivity index (χ0n) is 29.3. The van der Waals surface area contributed by atoms with Crippen molar-refractivity contribution in [2.24, 2.45) is 0 Å². The summed E-state index contributed by atoms with van der Waals surface area (Å²) < 4.78 is 149. The number of benzene rings is 8. The van der Waals surface area contributed by atoms with E-state index in [1.165, 1.54) is 24.3 Å². The van der Waals surface area contributed by atoms with Crippen molar-refractivity contribution >= 4 is 84.9 Å². The lowest BCUT2D eigenvalue weighted by molar-refractivity contribution is -0.0504. The maximum atomic E-state index is 13.2. The molecule has 8 rings (SSSR count). The Morgan fingerprint density at radius 1 is 0.464 bits per heavy atom. The van der Waals surface area contributed by atoms with Crippen LogP contribution in [0.3, 0.4) is 0 Å². The molecule has 16 heteroatoms. The van der Waals surface area contributed by atoms with Gasteiger partial charge in [0, 0.05) is 11.1 Å². The van der Waals surface area contributed by atoms with Gasteiger partial charge in [-0.1, -0.05) is 62.4 Å². The van der Waals surface area contributed by atoms with E-state index < -0.39 is 42.8 Å². The van der Waals surface area contributed by atoms with Crippen LogP contribution in [0.1, 0.15) is 26.7 Å². The Kier molecular flexibility index (Phi) is 8.73. The molecule has 0 atom stereocenters. The molecule has 0 aliphatic heterocycles. The third-order valence-corrected chi connectivity index (χ3v) is 11.4. The number of hydrogen-bond acceptors (Lipinski definition) is 8. The van der Waals surface area contributed by atoms with Crippen molar-refractivity contribution in [1.82, 2.24) is 0 Å². The summed E-state index contributed by atoms with van der Waals surface area (Å²) in [6, 6.07) is 22.3. The predicted molar refractivity (Wildman–Crippen MR) is 202 cm³/mol. The van der Waals surface area contributed by atoms with Gasteiger partial charge in [0.1, 0.15) is 23.0 Å². The van der Waals surface area contributed by atoms with Gasteiger partial charge in [0.25, 0.3) is 0 Å². The third-order valence-electron chi connectivity index (χ3n) is 9.46. The van der Waals surface area contributed by atoms with Crippen LogP contribution in [0.4, 0.5) is 26.3 Å². The van der Waals surface area contributed by atoms with Crippen molar-refractivity contribution < 1.29 is 61.0 Å². The predicted octanol–water partition coefficient (Wildman–Crippen LogP) is 11.2. The first-order chi connectivity index (χ1) is 26.4. The van der Waals surface area contributed by atoms with Crippen LogP contribution in [-0.4, -0.2) is 41.1 Å². The molecule has 8 nitrogen and oxygen atoms in total. The Labute approximate surface area is 315 Å². The van der Waals surface area contributed by atoms with E-state index in [4.69, 9.17) is 9.47 Å². The summed E-state index contributed by atoms with van der Waals surface area (Å²) >= 11 is 0. The van der Waals surface area contributed by atoms with Crippen molar-refractivity contribution in [1.29, 1.82) is 0 Å². The van der Waals surface area contributed by atoms with Crippen LogP contribution in [0.15, 0.2) is 84.9 Å². The van der Waals surface area contributed by atoms with Gasteiger partial charge in [0.2, 0.25) is 0 Å². The highest BCUT2D eigenvalue weighted by Crippen LogP contribution is 2.52. The topological polar surface area (TPSA) is 105 Å². The molecule has 0 unspecified atom stereocenters. The van der Waals surface area contributed by atoms with Gasteiger partial charge in [-0.25, -0.2) is 0 Å². The van der Waals surface area contributed by atoms with Crippen molar-refractivity contribution in [3.05, 3.63) is 84.9 Å². The van der Waals surface area contributed by atoms with Crippen LogP contribution in [0.5, 0.6) is 23.0 Å². The van der Waals surface area contributed by atoms with Gasteiger partial charge >= 0.3 is 31.3 Å². The van der Waals surface area contributed by atoms with Crippen LogP contribution < -0.4 is 17.8 Å². The average Bonchev–Trinajstić information content (AvgIpc) is 3.12. The standard InChI is InChI=1S/C40H28F6O8S2/c1-3-13-51-31-19-25-7-5-21-15-27(53-55(47,48)39(41,42)43)17-23-9-11-29(35(25)33(21)23)37(31)38-30-12-10-24-18-28(54-56(49,50)40(44,45)46)16-22-6-8-26(36(30)34(22)24)20-32(38)52-14-4-2/h5-12,15-20H,3-4,13-14H2,1-2H3. The molecule has 0 saturated heterocycles. The van der Waals surface area contributed by atoms with Crippen LogP contribution in [0, 0.1) is 0 Å². The normalized spacial score (nSPS) is 13.2. The zero-order chi connectivity index (χ0) is 39.9. The molecule has 0 aromatic heterocycles. The van der Waals surface area contributed by atoms with Gasteiger partial charge in [0.15, 0.2) is 0 Å². The molecule has 0 aliphatic carbocycles. The summed E-state index contributed by atoms with van der Waals surface area (Å²) in [5.41, 5.74) is -10.00. The highest BCUT2D eigenvalue weighted by Gasteiger charge is 2.49. The monoisotopic (exact) mass is 814 g/mol. The molecular weight excluding hydrogens is 787 g/mol. The molecule has 0 saturated carbocycles. The minimum Gasteiger partial charge on any atom is -0.493 e. The minimum atomic E-state index is -5.93. The van der Waals surface area contributed by atoms with Gasteiger partial charge in [-0.3, -0.25) is 0 Å². The molecular formula is C40H28F6O8S2. The van der Waals surface area contributed by atoms with E-state index >= 15 is 0 Å². The second kappa shape index (κ2) is 13.0. The van der Waals surface area contributed by atoms with Crippen molar-refractivity contribution in [2.45, 2.75) is 37.7 Å². The van der Waals surface area contributed by atoms with Crippen LogP contribution in [0.25, 0.3) is 75.8 Å². The number of alkyl halides is 6. The largest absolute Gasteiger partial charge is 0.534 e. The molecule has 0 amide bonds. The molecule has 8 aromatic carbocycles. The SMILES string of the molecule is CCCOc1cc2ccc3cc(OS(=O)(=O)C(F)(F)F)cc4ccc(c1-c1c(OCCC)cc5ccc6cc(OS(=O)(=O)C(F)(F)F)cc7ccc1c5c67)c2c34. The molecule has 0 aliphatic rings. The quantitative estimate of drug-likeness (QED) is 0.0550. The zero-order valence-corrected chi connectivity index (χ0v) is 30.9. The lowest BCUT2D eigenvalue weighted by Crippen LogP contribution is -2.28. The van der Waals surface area contributed by atoms with Gasteiger partial charge in [0.05, 0.1) is 13.2 Å². The van der Waals surface area contributed by atoms with E-state index in [1.54, 1.807) is 48.5 Å². The number of rotatable bonds is 11. The van der Waals surface area contributed by atoms with Gasteiger partial charge < -0.3 is 17.8 Å². The van der Waals surface area contributed by atoms with Gasteiger partial charge in [-0.2, -0.15) is 43.2 Å². The Balaban J connectivity index is 1.42. The van der Waals surface area contributed by atoms with Gasteiger partial charge in [-0.05, 0) is 114 Å². The van der Waals surface area contributed by atoms with Crippen LogP contribution >= 0.6 is 0 Å². The summed E-state index contributed by atoms with van der Waals surface area (Å²) in [4.78, 5) is 0. The first-order valence-electron chi connectivity index (χ1n) is 17.2. The average molecular weight is 815 g/mol. The first-order valence-corrected chi connectivity index (χ1v) is 20.0. The molecule has 0 fully saturated rings. The summed E-state index contributed by atoms with van der Waals surface area (Å²) in [5, 5.41) is 7.22. The highest BCUT2D eigenvalue weighted by molar-refractivity contribution is 7.88. The summed E-state index contributed by atoms with van der Waals surface area (Å²) in [7, 11) is -11.9. The fraction of sp³-hybridized carbons (Fsp3) is 0.200. The maximum absolute atomic E-state index is 13.2. The second-order valence-corrected chi connectivity index (χ2v) is 16.3. The Bertz CT molecular complexity index is 2820. The minimum absolute atomic E-state index is 0.343. The molecule has 290 valence electrons. The molecule has 0 spiro atoms. The van der Waals surface area contributed by atoms with Crippen LogP contribution in [-0.2, 0) is 20.2 Å². The van der Waals surface area contributed by atoms with Crippen molar-refractivity contribution in [2.75, 3.05) is 13.2 Å². The summed E-state index contributed by atoms with van der Waals surface area (Å²) in [5.74, 6) is -0.0103. The number of hydrogen-bond donors (Lipinski definition) is 0. The number of ether oxygens (including phenoxy) is 2. The molecule has 0 radical (unpaired) electrons. The second-order valence-electron chi connectivity index (χ2n) is 13.2. The summed E-state index contributed by atoms with van der Waals surface area (Å²) in [6.45, 7) is 4.59. The van der Waals surface area contributed by atoms with E-state index in [0.717, 1.165) is 10.8 Å². The van der Waals surface area contributed by atoms with Gasteiger partial charge in [-0.15, -0.1) is 0 Å². The molecule has 8 aromatic rings. The van der Waals surface area contributed by atoms with E-state index in [0.29, 0.717) is 103 Å². The smallest absolute Gasteiger partial charge is 0.493 e. The maximum Gasteiger partial charge on any atom is 0.534 e. The summed E-state index contributed by atoms with van der Waals surface area (Å²) in [6.07, 6.45) is 1.33. The van der Waals surface area contributed by atoms with Crippen LogP contribution in [0.2, 0.25) is 0 Å². The first kappa shape index (κ1) is 37.4. The fourth-order valence-electron chi connectivity index (χ4n) is 7.29. The van der Waals surface area contributed by atoms with E-state index in [-0.39, 0.29) is 0 Å². The highest BCUT2D eigenvalue weighted by atomic mass is 32.2. The fourth-order valence-corrected chi connectivity index (χ4v) is 8.18. The van der Waals surface area contributed by atoms with E-state index in [1.807, 2.05) is 26.0 Å². The third kappa shape index (κ3) is 6.05. The van der Waals surface area contributed by atoms with E-state index in [2.05, 4.69) is 8.37 Å². The lowest BCUT2D eigenvalue weighted by atomic mass is 9.85. The Hall–Kier alpha value is -5.48. The molecule has 0 bridgehead atoms. The number of halogens is 6. The van der Waals surface area contributed by atoms with E-state index in [9.17, 15) is 43.2 Å². The molecule has 0 N–H and O–H groups in total. The Morgan fingerprint density at radius 2 is 0.768 bits per heavy atom.